The first kappa shape index (κ1) is 12.9. The average Bonchev–Trinajstić information content (AvgIpc) is 2.18. The fraction of sp³-hybridized carbons (Fsp3) is 1.00. The quantitative estimate of drug-likeness (QED) is 0.731. The third-order valence-electron chi connectivity index (χ3n) is 3.33. The van der Waals surface area contributed by atoms with Gasteiger partial charge in [0.05, 0.1) is 0 Å². The molecule has 3 heteroatoms. The fourth-order valence-electron chi connectivity index (χ4n) is 2.47. The summed E-state index contributed by atoms with van der Waals surface area (Å²) in [5, 5.41) is 3.25. The molecule has 0 saturated carbocycles. The van der Waals surface area contributed by atoms with E-state index in [1.54, 1.807) is 0 Å². The van der Waals surface area contributed by atoms with Crippen molar-refractivity contribution in [1.29, 1.82) is 0 Å². The lowest BCUT2D eigenvalue weighted by atomic mass is 10.0. The summed E-state index contributed by atoms with van der Waals surface area (Å²) in [5.41, 5.74) is 0. The predicted molar refractivity (Wildman–Crippen MR) is 66.2 cm³/mol. The zero-order chi connectivity index (χ0) is 11.3. The molecule has 3 nitrogen and oxygen atoms in total. The van der Waals surface area contributed by atoms with Gasteiger partial charge in [0.15, 0.2) is 0 Å². The van der Waals surface area contributed by atoms with Gasteiger partial charge in [0.2, 0.25) is 0 Å². The molecular weight excluding hydrogens is 186 g/mol. The molecule has 0 aromatic carbocycles. The molecule has 2 unspecified atom stereocenters. The first-order chi connectivity index (χ1) is 7.13. The van der Waals surface area contributed by atoms with Crippen LogP contribution in [0.25, 0.3) is 0 Å². The maximum absolute atomic E-state index is 3.25. The van der Waals surface area contributed by atoms with Gasteiger partial charge in [-0.15, -0.1) is 0 Å². The number of likely N-dealkylation sites (N-methyl/N-ethyl adjacent to an activating group) is 1. The first-order valence-electron chi connectivity index (χ1n) is 6.17. The Morgan fingerprint density at radius 1 is 1.47 bits per heavy atom. The van der Waals surface area contributed by atoms with E-state index < -0.39 is 0 Å². The van der Waals surface area contributed by atoms with Crippen LogP contribution >= 0.6 is 0 Å². The minimum atomic E-state index is 0.760. The average molecular weight is 213 g/mol. The summed E-state index contributed by atoms with van der Waals surface area (Å²) in [6, 6.07) is 0.764. The van der Waals surface area contributed by atoms with E-state index in [1.807, 2.05) is 7.05 Å². The van der Waals surface area contributed by atoms with Gasteiger partial charge in [0.1, 0.15) is 0 Å². The van der Waals surface area contributed by atoms with Crippen LogP contribution in [0.4, 0.5) is 0 Å². The summed E-state index contributed by atoms with van der Waals surface area (Å²) >= 11 is 0. The highest BCUT2D eigenvalue weighted by Gasteiger charge is 2.21. The maximum Gasteiger partial charge on any atom is 0.0217 e. The first-order valence-corrected chi connectivity index (χ1v) is 6.17. The second kappa shape index (κ2) is 6.46. The van der Waals surface area contributed by atoms with Gasteiger partial charge in [-0.1, -0.05) is 6.92 Å². The highest BCUT2D eigenvalue weighted by molar-refractivity contribution is 4.78. The van der Waals surface area contributed by atoms with Crippen LogP contribution in [-0.4, -0.2) is 63.2 Å². The number of nitrogens with one attached hydrogen (secondary N) is 1. The molecular formula is C12H27N3. The number of nitrogens with zero attached hydrogens (tertiary/aromatic N) is 2. The molecule has 1 aliphatic heterocycles. The van der Waals surface area contributed by atoms with Crippen molar-refractivity contribution in [2.75, 3.05) is 47.3 Å². The van der Waals surface area contributed by atoms with Crippen LogP contribution in [0.1, 0.15) is 19.8 Å². The van der Waals surface area contributed by atoms with Crippen molar-refractivity contribution < 1.29 is 0 Å². The Bertz CT molecular complexity index is 170. The minimum Gasteiger partial charge on any atom is -0.319 e. The van der Waals surface area contributed by atoms with E-state index in [-0.39, 0.29) is 0 Å². The summed E-state index contributed by atoms with van der Waals surface area (Å²) < 4.78 is 0. The highest BCUT2D eigenvalue weighted by atomic mass is 15.2. The maximum atomic E-state index is 3.25. The predicted octanol–water partition coefficient (Wildman–Crippen LogP) is 0.868. The van der Waals surface area contributed by atoms with E-state index in [0.29, 0.717) is 0 Å². The highest BCUT2D eigenvalue weighted by Crippen LogP contribution is 2.14. The van der Waals surface area contributed by atoms with Crippen LogP contribution in [-0.2, 0) is 0 Å². The number of hydrogen-bond donors (Lipinski definition) is 1. The van der Waals surface area contributed by atoms with Gasteiger partial charge in [-0.05, 0) is 53.0 Å². The zero-order valence-corrected chi connectivity index (χ0v) is 10.8. The Labute approximate surface area is 94.8 Å². The Hall–Kier alpha value is -0.120. The molecule has 1 fully saturated rings. The van der Waals surface area contributed by atoms with E-state index in [2.05, 4.69) is 36.1 Å². The summed E-state index contributed by atoms with van der Waals surface area (Å²) in [6.45, 7) is 7.24. The van der Waals surface area contributed by atoms with Crippen molar-refractivity contribution in [3.63, 3.8) is 0 Å². The normalized spacial score (nSPS) is 25.8. The molecule has 0 aromatic heterocycles. The molecule has 1 aliphatic rings. The van der Waals surface area contributed by atoms with Gasteiger partial charge in [-0.3, -0.25) is 0 Å². The lowest BCUT2D eigenvalue weighted by Gasteiger charge is -2.37. The van der Waals surface area contributed by atoms with Crippen molar-refractivity contribution >= 4 is 0 Å². The molecule has 15 heavy (non-hydrogen) atoms. The molecule has 1 saturated heterocycles. The van der Waals surface area contributed by atoms with E-state index in [4.69, 9.17) is 0 Å². The van der Waals surface area contributed by atoms with E-state index in [1.165, 1.54) is 32.5 Å². The molecule has 90 valence electrons. The smallest absolute Gasteiger partial charge is 0.0217 e. The zero-order valence-electron chi connectivity index (χ0n) is 10.8. The summed E-state index contributed by atoms with van der Waals surface area (Å²) in [5.74, 6) is 0.760. The molecule has 1 heterocycles. The van der Waals surface area contributed by atoms with Gasteiger partial charge < -0.3 is 15.1 Å². The molecule has 0 radical (unpaired) electrons. The third kappa shape index (κ3) is 4.49. The van der Waals surface area contributed by atoms with Crippen LogP contribution in [0.5, 0.6) is 0 Å². The number of hydrogen-bond acceptors (Lipinski definition) is 3. The lowest BCUT2D eigenvalue weighted by Crippen LogP contribution is -2.46. The Morgan fingerprint density at radius 2 is 2.20 bits per heavy atom. The fourth-order valence-corrected chi connectivity index (χ4v) is 2.47. The van der Waals surface area contributed by atoms with Gasteiger partial charge in [-0.25, -0.2) is 0 Å². The van der Waals surface area contributed by atoms with Gasteiger partial charge >= 0.3 is 0 Å². The molecule has 2 atom stereocenters. The summed E-state index contributed by atoms with van der Waals surface area (Å²) in [6.07, 6.45) is 2.72. The van der Waals surface area contributed by atoms with Crippen LogP contribution in [0.15, 0.2) is 0 Å². The molecule has 1 N–H and O–H groups in total. The van der Waals surface area contributed by atoms with E-state index in [0.717, 1.165) is 18.5 Å². The Balaban J connectivity index is 2.29. The number of piperidine rings is 1. The Kier molecular flexibility index (Phi) is 5.58. The van der Waals surface area contributed by atoms with Crippen molar-refractivity contribution in [3.05, 3.63) is 0 Å². The molecule has 0 spiro atoms. The standard InChI is InChI=1S/C12H27N3/c1-11(8-13-2)9-15-7-5-6-12(10-15)14(3)4/h11-13H,5-10H2,1-4H3. The molecule has 0 aliphatic carbocycles. The topological polar surface area (TPSA) is 18.5 Å². The Morgan fingerprint density at radius 3 is 2.80 bits per heavy atom. The van der Waals surface area contributed by atoms with Crippen molar-refractivity contribution in [1.82, 2.24) is 15.1 Å². The van der Waals surface area contributed by atoms with Gasteiger partial charge in [-0.2, -0.15) is 0 Å². The largest absolute Gasteiger partial charge is 0.319 e. The van der Waals surface area contributed by atoms with Crippen molar-refractivity contribution in [3.8, 4) is 0 Å². The SMILES string of the molecule is CNCC(C)CN1CCCC(N(C)C)C1. The van der Waals surface area contributed by atoms with Crippen molar-refractivity contribution in [2.45, 2.75) is 25.8 Å². The minimum absolute atomic E-state index is 0.760. The van der Waals surface area contributed by atoms with Crippen LogP contribution in [0.2, 0.25) is 0 Å². The van der Waals surface area contributed by atoms with Crippen LogP contribution in [0.3, 0.4) is 0 Å². The van der Waals surface area contributed by atoms with Gasteiger partial charge in [0, 0.05) is 19.1 Å². The van der Waals surface area contributed by atoms with E-state index >= 15 is 0 Å². The second-order valence-corrected chi connectivity index (χ2v) is 5.18. The van der Waals surface area contributed by atoms with Crippen LogP contribution in [0, 0.1) is 5.92 Å². The second-order valence-electron chi connectivity index (χ2n) is 5.18. The monoisotopic (exact) mass is 213 g/mol. The summed E-state index contributed by atoms with van der Waals surface area (Å²) in [4.78, 5) is 4.99. The number of rotatable bonds is 5. The van der Waals surface area contributed by atoms with Gasteiger partial charge in [0.25, 0.3) is 0 Å². The lowest BCUT2D eigenvalue weighted by molar-refractivity contribution is 0.120. The molecule has 0 bridgehead atoms. The van der Waals surface area contributed by atoms with Crippen molar-refractivity contribution in [2.24, 2.45) is 5.92 Å². The van der Waals surface area contributed by atoms with E-state index in [9.17, 15) is 0 Å². The van der Waals surface area contributed by atoms with Crippen LogP contribution < -0.4 is 5.32 Å². The molecule has 1 rings (SSSR count). The third-order valence-corrected chi connectivity index (χ3v) is 3.33. The molecule has 0 amide bonds. The summed E-state index contributed by atoms with van der Waals surface area (Å²) in [7, 11) is 6.44. The molecule has 0 aromatic rings. The number of likely N-dealkylation sites (tertiary alicyclic amines) is 1.